The Hall–Kier alpha value is -2.65. The summed E-state index contributed by atoms with van der Waals surface area (Å²) in [5.41, 5.74) is 0.814. The normalized spacial score (nSPS) is 11.0. The Bertz CT molecular complexity index is 935. The summed E-state index contributed by atoms with van der Waals surface area (Å²) >= 11 is 7.28. The average molecular weight is 361 g/mol. The minimum atomic E-state index is 0.341. The van der Waals surface area contributed by atoms with Crippen molar-refractivity contribution in [2.45, 2.75) is 10.9 Å². The largest absolute Gasteiger partial charge is 0.459 e. The number of hydrogen-bond donors (Lipinski definition) is 0. The zero-order valence-corrected chi connectivity index (χ0v) is 13.6. The Kier molecular flexibility index (Phi) is 4.01. The summed E-state index contributed by atoms with van der Waals surface area (Å²) in [6, 6.07) is 10.7. The van der Waals surface area contributed by atoms with Gasteiger partial charge in [-0.1, -0.05) is 23.4 Å². The maximum Gasteiger partial charge on any atom is 0.283 e. The van der Waals surface area contributed by atoms with Gasteiger partial charge in [-0.3, -0.25) is 0 Å². The van der Waals surface area contributed by atoms with E-state index >= 15 is 0 Å². The number of tetrazole rings is 1. The molecule has 3 heterocycles. The molecule has 0 aliphatic heterocycles. The van der Waals surface area contributed by atoms with Crippen LogP contribution in [0.4, 0.5) is 0 Å². The topological polar surface area (TPSA) is 95.7 Å². The Morgan fingerprint density at radius 2 is 1.96 bits per heavy atom. The second-order valence-corrected chi connectivity index (χ2v) is 6.00. The van der Waals surface area contributed by atoms with Crippen LogP contribution in [0, 0.1) is 0 Å². The highest BCUT2D eigenvalue weighted by Crippen LogP contribution is 2.24. The van der Waals surface area contributed by atoms with Crippen molar-refractivity contribution < 1.29 is 8.83 Å². The third kappa shape index (κ3) is 3.03. The highest BCUT2D eigenvalue weighted by Gasteiger charge is 2.14. The highest BCUT2D eigenvalue weighted by molar-refractivity contribution is 7.98. The van der Waals surface area contributed by atoms with Gasteiger partial charge in [-0.05, 0) is 46.8 Å². The van der Waals surface area contributed by atoms with Crippen LogP contribution in [-0.2, 0) is 5.75 Å². The van der Waals surface area contributed by atoms with Crippen LogP contribution in [0.15, 0.2) is 56.7 Å². The highest BCUT2D eigenvalue weighted by atomic mass is 35.5. The summed E-state index contributed by atoms with van der Waals surface area (Å²) in [4.78, 5) is 0. The van der Waals surface area contributed by atoms with Crippen LogP contribution in [0.3, 0.4) is 0 Å². The predicted molar refractivity (Wildman–Crippen MR) is 85.7 cm³/mol. The van der Waals surface area contributed by atoms with Crippen molar-refractivity contribution in [2.24, 2.45) is 0 Å². The minimum Gasteiger partial charge on any atom is -0.459 e. The molecule has 0 N–H and O–H groups in total. The van der Waals surface area contributed by atoms with Crippen molar-refractivity contribution >= 4 is 23.4 Å². The number of hydrogen-bond acceptors (Lipinski definition) is 8. The summed E-state index contributed by atoms with van der Waals surface area (Å²) in [6.07, 6.45) is 1.55. The van der Waals surface area contributed by atoms with Gasteiger partial charge in [0.2, 0.25) is 11.0 Å². The molecular formula is C14H9ClN6O2S. The van der Waals surface area contributed by atoms with Crippen molar-refractivity contribution in [3.8, 4) is 17.3 Å². The quantitative estimate of drug-likeness (QED) is 0.500. The molecule has 1 aromatic carbocycles. The SMILES string of the molecule is Clc1ccc(-n2nnnc2SCc2nnc(-c3ccco3)o2)cc1. The smallest absolute Gasteiger partial charge is 0.283 e. The van der Waals surface area contributed by atoms with E-state index in [1.807, 2.05) is 12.1 Å². The third-order valence-corrected chi connectivity index (χ3v) is 4.19. The van der Waals surface area contributed by atoms with Gasteiger partial charge in [0.25, 0.3) is 5.89 Å². The first kappa shape index (κ1) is 14.9. The third-order valence-electron chi connectivity index (χ3n) is 3.04. The number of halogens is 1. The lowest BCUT2D eigenvalue weighted by Gasteiger charge is -2.02. The molecule has 0 spiro atoms. The monoisotopic (exact) mass is 360 g/mol. The van der Waals surface area contributed by atoms with Gasteiger partial charge in [0, 0.05) is 5.02 Å². The van der Waals surface area contributed by atoms with Gasteiger partial charge in [-0.25, -0.2) is 0 Å². The summed E-state index contributed by atoms with van der Waals surface area (Å²) in [6.45, 7) is 0. The van der Waals surface area contributed by atoms with Gasteiger partial charge in [0.1, 0.15) is 0 Å². The molecule has 0 fully saturated rings. The molecule has 24 heavy (non-hydrogen) atoms. The predicted octanol–water partition coefficient (Wildman–Crippen LogP) is 3.25. The van der Waals surface area contributed by atoms with Crippen LogP contribution >= 0.6 is 23.4 Å². The standard InChI is InChI=1S/C14H9ClN6O2S/c15-9-3-5-10(6-4-9)21-14(18-19-20-21)24-8-12-16-17-13(23-12)11-2-1-7-22-11/h1-7H,8H2. The molecule has 120 valence electrons. The molecular weight excluding hydrogens is 352 g/mol. The van der Waals surface area contributed by atoms with Crippen LogP contribution < -0.4 is 0 Å². The van der Waals surface area contributed by atoms with Gasteiger partial charge >= 0.3 is 0 Å². The van der Waals surface area contributed by atoms with Gasteiger partial charge in [-0.2, -0.15) is 4.68 Å². The molecule has 0 radical (unpaired) electrons. The number of aromatic nitrogens is 6. The lowest BCUT2D eigenvalue weighted by Crippen LogP contribution is -1.98. The average Bonchev–Trinajstić information content (AvgIpc) is 3.34. The first-order chi connectivity index (χ1) is 11.8. The Labute approximate surface area is 144 Å². The van der Waals surface area contributed by atoms with Crippen LogP contribution in [0.1, 0.15) is 5.89 Å². The lowest BCUT2D eigenvalue weighted by molar-refractivity contribution is 0.494. The van der Waals surface area contributed by atoms with Crippen molar-refractivity contribution in [1.29, 1.82) is 0 Å². The van der Waals surface area contributed by atoms with Crippen LogP contribution in [0.5, 0.6) is 0 Å². The van der Waals surface area contributed by atoms with E-state index in [2.05, 4.69) is 25.7 Å². The van der Waals surface area contributed by atoms with Crippen molar-refractivity contribution in [1.82, 2.24) is 30.4 Å². The molecule has 10 heteroatoms. The minimum absolute atomic E-state index is 0.341. The first-order valence-electron chi connectivity index (χ1n) is 6.83. The van der Waals surface area contributed by atoms with E-state index in [0.29, 0.717) is 33.5 Å². The number of furan rings is 1. The van der Waals surface area contributed by atoms with Gasteiger partial charge < -0.3 is 8.83 Å². The van der Waals surface area contributed by atoms with Crippen molar-refractivity contribution in [2.75, 3.05) is 0 Å². The fraction of sp³-hybridized carbons (Fsp3) is 0.0714. The molecule has 0 unspecified atom stereocenters. The molecule has 4 aromatic rings. The number of benzene rings is 1. The maximum atomic E-state index is 5.90. The van der Waals surface area contributed by atoms with Crippen LogP contribution in [0.2, 0.25) is 5.02 Å². The van der Waals surface area contributed by atoms with Crippen LogP contribution in [-0.4, -0.2) is 30.4 Å². The van der Waals surface area contributed by atoms with E-state index in [1.54, 1.807) is 35.2 Å². The fourth-order valence-corrected chi connectivity index (χ4v) is 2.80. The summed E-state index contributed by atoms with van der Waals surface area (Å²) in [7, 11) is 0. The fourth-order valence-electron chi connectivity index (χ4n) is 1.95. The van der Waals surface area contributed by atoms with Crippen LogP contribution in [0.25, 0.3) is 17.3 Å². The summed E-state index contributed by atoms with van der Waals surface area (Å²) in [5.74, 6) is 1.76. The van der Waals surface area contributed by atoms with E-state index in [4.69, 9.17) is 20.4 Å². The molecule has 0 saturated heterocycles. The van der Waals surface area contributed by atoms with Gasteiger partial charge in [0.05, 0.1) is 17.7 Å². The van der Waals surface area contributed by atoms with E-state index in [1.165, 1.54) is 11.8 Å². The molecule has 0 atom stereocenters. The molecule has 8 nitrogen and oxygen atoms in total. The molecule has 0 aliphatic rings. The lowest BCUT2D eigenvalue weighted by atomic mass is 10.3. The van der Waals surface area contributed by atoms with E-state index < -0.39 is 0 Å². The molecule has 0 saturated carbocycles. The van der Waals surface area contributed by atoms with E-state index in [0.717, 1.165) is 5.69 Å². The number of thioether (sulfide) groups is 1. The summed E-state index contributed by atoms with van der Waals surface area (Å²) < 4.78 is 12.4. The molecule has 0 amide bonds. The zero-order valence-electron chi connectivity index (χ0n) is 12.0. The summed E-state index contributed by atoms with van der Waals surface area (Å²) in [5, 5.41) is 20.9. The Balaban J connectivity index is 1.49. The number of rotatable bonds is 5. The van der Waals surface area contributed by atoms with Gasteiger partial charge in [-0.15, -0.1) is 15.3 Å². The van der Waals surface area contributed by atoms with Gasteiger partial charge in [0.15, 0.2) is 5.76 Å². The maximum absolute atomic E-state index is 5.90. The van der Waals surface area contributed by atoms with Crippen molar-refractivity contribution in [3.05, 3.63) is 53.6 Å². The second-order valence-electron chi connectivity index (χ2n) is 4.62. The Morgan fingerprint density at radius 1 is 1.08 bits per heavy atom. The van der Waals surface area contributed by atoms with E-state index in [9.17, 15) is 0 Å². The first-order valence-corrected chi connectivity index (χ1v) is 8.19. The van der Waals surface area contributed by atoms with E-state index in [-0.39, 0.29) is 0 Å². The Morgan fingerprint density at radius 3 is 2.75 bits per heavy atom. The molecule has 4 rings (SSSR count). The number of nitrogens with zero attached hydrogens (tertiary/aromatic N) is 6. The second kappa shape index (κ2) is 6.46. The zero-order chi connectivity index (χ0) is 16.4. The van der Waals surface area contributed by atoms with Crippen molar-refractivity contribution in [3.63, 3.8) is 0 Å². The molecule has 0 aliphatic carbocycles. The molecule has 0 bridgehead atoms. The molecule has 3 aromatic heterocycles.